The van der Waals surface area contributed by atoms with Gasteiger partial charge in [0.1, 0.15) is 6.61 Å². The van der Waals surface area contributed by atoms with Crippen molar-refractivity contribution in [2.75, 3.05) is 20.2 Å². The standard InChI is InChI=1S/C19H27N3O2/c1-19(2,14-20-11-17-10-18(13-23-3)24-21-17)22-9-8-15-6-4-5-7-16(15)12-22/h4-7,10,20H,8-9,11-14H2,1-3H3. The number of hydrogen-bond donors (Lipinski definition) is 1. The molecule has 0 saturated heterocycles. The van der Waals surface area contributed by atoms with E-state index in [1.54, 1.807) is 7.11 Å². The molecule has 2 heterocycles. The average molecular weight is 329 g/mol. The highest BCUT2D eigenvalue weighted by atomic mass is 16.5. The van der Waals surface area contributed by atoms with Gasteiger partial charge in [0.05, 0.1) is 5.69 Å². The van der Waals surface area contributed by atoms with Crippen LogP contribution in [0.3, 0.4) is 0 Å². The Morgan fingerprint density at radius 3 is 2.88 bits per heavy atom. The Labute approximate surface area is 144 Å². The molecule has 0 spiro atoms. The van der Waals surface area contributed by atoms with Crippen LogP contribution in [-0.4, -0.2) is 35.8 Å². The highest BCUT2D eigenvalue weighted by molar-refractivity contribution is 5.29. The zero-order valence-corrected chi connectivity index (χ0v) is 14.8. The summed E-state index contributed by atoms with van der Waals surface area (Å²) < 4.78 is 10.3. The minimum atomic E-state index is 0.0899. The van der Waals surface area contributed by atoms with Crippen LogP contribution in [0.1, 0.15) is 36.4 Å². The van der Waals surface area contributed by atoms with Crippen molar-refractivity contribution in [3.8, 4) is 0 Å². The summed E-state index contributed by atoms with van der Waals surface area (Å²) in [6.45, 7) is 8.80. The van der Waals surface area contributed by atoms with E-state index >= 15 is 0 Å². The maximum Gasteiger partial charge on any atom is 0.162 e. The Morgan fingerprint density at radius 1 is 1.29 bits per heavy atom. The van der Waals surface area contributed by atoms with Crippen molar-refractivity contribution < 1.29 is 9.26 Å². The molecule has 0 fully saturated rings. The highest BCUT2D eigenvalue weighted by Crippen LogP contribution is 2.25. The number of ether oxygens (including phenoxy) is 1. The third-order valence-corrected chi connectivity index (χ3v) is 4.74. The van der Waals surface area contributed by atoms with Gasteiger partial charge in [-0.25, -0.2) is 0 Å². The number of fused-ring (bicyclic) bond motifs is 1. The fraction of sp³-hybridized carbons (Fsp3) is 0.526. The molecule has 1 aliphatic rings. The molecule has 5 heteroatoms. The molecule has 0 amide bonds. The van der Waals surface area contributed by atoms with E-state index in [-0.39, 0.29) is 5.54 Å². The number of nitrogens with zero attached hydrogens (tertiary/aromatic N) is 2. The van der Waals surface area contributed by atoms with Crippen LogP contribution in [-0.2, 0) is 30.9 Å². The monoisotopic (exact) mass is 329 g/mol. The summed E-state index contributed by atoms with van der Waals surface area (Å²) in [6.07, 6.45) is 1.13. The fourth-order valence-electron chi connectivity index (χ4n) is 3.27. The second-order valence-corrected chi connectivity index (χ2v) is 7.07. The molecule has 0 saturated carbocycles. The van der Waals surface area contributed by atoms with Gasteiger partial charge in [0, 0.05) is 44.9 Å². The topological polar surface area (TPSA) is 50.5 Å². The lowest BCUT2D eigenvalue weighted by atomic mass is 9.94. The van der Waals surface area contributed by atoms with Gasteiger partial charge in [0.15, 0.2) is 5.76 Å². The number of aromatic nitrogens is 1. The first-order valence-corrected chi connectivity index (χ1v) is 8.54. The van der Waals surface area contributed by atoms with E-state index in [0.29, 0.717) is 13.2 Å². The molecule has 24 heavy (non-hydrogen) atoms. The van der Waals surface area contributed by atoms with Crippen molar-refractivity contribution >= 4 is 0 Å². The molecule has 1 N–H and O–H groups in total. The van der Waals surface area contributed by atoms with Crippen molar-refractivity contribution in [1.82, 2.24) is 15.4 Å². The van der Waals surface area contributed by atoms with Gasteiger partial charge < -0.3 is 14.6 Å². The molecular formula is C19H27N3O2. The van der Waals surface area contributed by atoms with Crippen molar-refractivity contribution in [2.24, 2.45) is 0 Å². The number of hydrogen-bond acceptors (Lipinski definition) is 5. The van der Waals surface area contributed by atoms with Gasteiger partial charge in [0.2, 0.25) is 0 Å². The zero-order chi connectivity index (χ0) is 17.0. The van der Waals surface area contributed by atoms with Crippen molar-refractivity contribution in [3.05, 3.63) is 52.9 Å². The molecule has 130 valence electrons. The molecule has 0 unspecified atom stereocenters. The van der Waals surface area contributed by atoms with Crippen LogP contribution in [0.5, 0.6) is 0 Å². The Kier molecular flexibility index (Phi) is 5.33. The summed E-state index contributed by atoms with van der Waals surface area (Å²) in [7, 11) is 1.65. The van der Waals surface area contributed by atoms with Crippen LogP contribution in [0.2, 0.25) is 0 Å². The molecule has 0 bridgehead atoms. The minimum absolute atomic E-state index is 0.0899. The summed E-state index contributed by atoms with van der Waals surface area (Å²) in [5.74, 6) is 0.765. The number of benzene rings is 1. The van der Waals surface area contributed by atoms with Crippen molar-refractivity contribution in [1.29, 1.82) is 0 Å². The third-order valence-electron chi connectivity index (χ3n) is 4.74. The van der Waals surface area contributed by atoms with Crippen LogP contribution in [0.4, 0.5) is 0 Å². The first-order chi connectivity index (χ1) is 11.6. The van der Waals surface area contributed by atoms with Crippen LogP contribution >= 0.6 is 0 Å². The largest absolute Gasteiger partial charge is 0.377 e. The molecular weight excluding hydrogens is 302 g/mol. The van der Waals surface area contributed by atoms with E-state index in [9.17, 15) is 0 Å². The predicted octanol–water partition coefficient (Wildman–Crippen LogP) is 2.75. The fourth-order valence-corrected chi connectivity index (χ4v) is 3.27. The second-order valence-electron chi connectivity index (χ2n) is 7.07. The van der Waals surface area contributed by atoms with Gasteiger partial charge in [-0.1, -0.05) is 29.4 Å². The van der Waals surface area contributed by atoms with Crippen LogP contribution in [0.25, 0.3) is 0 Å². The maximum atomic E-state index is 5.22. The summed E-state index contributed by atoms with van der Waals surface area (Å²) in [4.78, 5) is 2.56. The molecule has 0 aliphatic carbocycles. The maximum absolute atomic E-state index is 5.22. The zero-order valence-electron chi connectivity index (χ0n) is 14.8. The number of methoxy groups -OCH3 is 1. The highest BCUT2D eigenvalue weighted by Gasteiger charge is 2.29. The quantitative estimate of drug-likeness (QED) is 0.846. The van der Waals surface area contributed by atoms with Crippen LogP contribution in [0.15, 0.2) is 34.9 Å². The smallest absolute Gasteiger partial charge is 0.162 e. The lowest BCUT2D eigenvalue weighted by Crippen LogP contribution is -2.52. The molecule has 0 atom stereocenters. The van der Waals surface area contributed by atoms with Crippen LogP contribution < -0.4 is 5.32 Å². The molecule has 0 radical (unpaired) electrons. The molecule has 2 aromatic rings. The van der Waals surface area contributed by atoms with Gasteiger partial charge in [-0.15, -0.1) is 0 Å². The predicted molar refractivity (Wildman–Crippen MR) is 93.6 cm³/mol. The molecule has 1 aliphatic heterocycles. The number of nitrogens with one attached hydrogen (secondary N) is 1. The molecule has 1 aromatic heterocycles. The second kappa shape index (κ2) is 7.47. The Balaban J connectivity index is 1.52. The molecule has 3 rings (SSSR count). The first kappa shape index (κ1) is 17.1. The normalized spacial score (nSPS) is 15.5. The van der Waals surface area contributed by atoms with E-state index in [1.807, 2.05) is 6.07 Å². The van der Waals surface area contributed by atoms with E-state index < -0.39 is 0 Å². The summed E-state index contributed by atoms with van der Waals surface area (Å²) in [6, 6.07) is 10.7. The van der Waals surface area contributed by atoms with Crippen LogP contribution in [0, 0.1) is 0 Å². The third kappa shape index (κ3) is 4.04. The SMILES string of the molecule is COCc1cc(CNCC(C)(C)N2CCc3ccccc3C2)no1. The lowest BCUT2D eigenvalue weighted by molar-refractivity contribution is 0.102. The summed E-state index contributed by atoms with van der Waals surface area (Å²) >= 11 is 0. The number of rotatable bonds is 7. The Morgan fingerprint density at radius 2 is 2.08 bits per heavy atom. The average Bonchev–Trinajstić information content (AvgIpc) is 3.02. The van der Waals surface area contributed by atoms with Gasteiger partial charge in [-0.2, -0.15) is 0 Å². The van der Waals surface area contributed by atoms with Gasteiger partial charge in [-0.3, -0.25) is 4.90 Å². The van der Waals surface area contributed by atoms with E-state index in [2.05, 4.69) is 53.5 Å². The molecule has 1 aromatic carbocycles. The Bertz CT molecular complexity index is 666. The first-order valence-electron chi connectivity index (χ1n) is 8.54. The van der Waals surface area contributed by atoms with Crippen molar-refractivity contribution in [3.63, 3.8) is 0 Å². The van der Waals surface area contributed by atoms with E-state index in [1.165, 1.54) is 11.1 Å². The summed E-state index contributed by atoms with van der Waals surface area (Å²) in [5, 5.41) is 7.58. The lowest BCUT2D eigenvalue weighted by Gasteiger charge is -2.41. The van der Waals surface area contributed by atoms with Gasteiger partial charge in [-0.05, 0) is 31.4 Å². The van der Waals surface area contributed by atoms with Gasteiger partial charge in [0.25, 0.3) is 0 Å². The summed E-state index contributed by atoms with van der Waals surface area (Å²) in [5.41, 5.74) is 3.96. The van der Waals surface area contributed by atoms with E-state index in [4.69, 9.17) is 9.26 Å². The Hall–Kier alpha value is -1.69. The molecule has 5 nitrogen and oxygen atoms in total. The minimum Gasteiger partial charge on any atom is -0.377 e. The van der Waals surface area contributed by atoms with Crippen molar-refractivity contribution in [2.45, 2.75) is 45.5 Å². The van der Waals surface area contributed by atoms with Gasteiger partial charge >= 0.3 is 0 Å². The van der Waals surface area contributed by atoms with E-state index in [0.717, 1.165) is 37.5 Å².